The minimum absolute atomic E-state index is 0.0846. The van der Waals surface area contributed by atoms with Gasteiger partial charge in [-0.25, -0.2) is 0 Å². The van der Waals surface area contributed by atoms with Crippen molar-refractivity contribution in [2.45, 2.75) is 38.5 Å². The van der Waals surface area contributed by atoms with Crippen LogP contribution in [0.5, 0.6) is 46.0 Å². The molecule has 28 heteroatoms. The summed E-state index contributed by atoms with van der Waals surface area (Å²) in [5.74, 6) is -3.28. The predicted octanol–water partition coefficient (Wildman–Crippen LogP) is 18.4. The first-order valence-corrected chi connectivity index (χ1v) is 26.3. The molecule has 0 radical (unpaired) electrons. The van der Waals surface area contributed by atoms with E-state index < -0.39 is 18.8 Å². The molecule has 3 fully saturated rings. The minimum atomic E-state index is -6.81. The van der Waals surface area contributed by atoms with Crippen LogP contribution in [0.4, 0.5) is 0 Å². The fraction of sp³-hybridized carbons (Fsp3) is 0.333. The number of ether oxygens (including phenoxy) is 3. The topological polar surface area (TPSA) is 127 Å². The number of fused-ring (bicyclic) bond motifs is 3. The number of phenols is 2. The van der Waals surface area contributed by atoms with E-state index in [4.69, 9.17) is 232 Å². The van der Waals surface area contributed by atoms with E-state index in [0.29, 0.717) is 0 Å². The van der Waals surface area contributed by atoms with Gasteiger partial charge in [0, 0.05) is 39.3 Å². The molecule has 0 saturated carbocycles. The molecular weight excluding hydrogens is 1210 g/mol. The molecule has 4 aromatic carbocycles. The summed E-state index contributed by atoms with van der Waals surface area (Å²) in [6, 6.07) is 0. The molecular formula is C36H27Cl16O11P. The van der Waals surface area contributed by atoms with Crippen molar-refractivity contribution in [1.82, 2.24) is 0 Å². The maximum absolute atomic E-state index is 9.08. The van der Waals surface area contributed by atoms with Crippen LogP contribution in [0, 0.1) is 0 Å². The van der Waals surface area contributed by atoms with Gasteiger partial charge in [0.05, 0.1) is 10.0 Å². The third-order valence-electron chi connectivity index (χ3n) is 8.97. The van der Waals surface area contributed by atoms with Gasteiger partial charge >= 0.3 is 268 Å². The Morgan fingerprint density at radius 2 is 0.500 bits per heavy atom. The van der Waals surface area contributed by atoms with Crippen molar-refractivity contribution in [3.63, 3.8) is 0 Å². The summed E-state index contributed by atoms with van der Waals surface area (Å²) < 4.78 is 50.8. The quantitative estimate of drug-likeness (QED) is 0.0578. The third-order valence-corrected chi connectivity index (χ3v) is 19.4. The molecule has 10 rings (SSSR count). The molecule has 3 saturated heterocycles. The van der Waals surface area contributed by atoms with Gasteiger partial charge in [-0.05, 0) is 25.7 Å². The average Bonchev–Trinajstić information content (AvgIpc) is 4.16. The zero-order chi connectivity index (χ0) is 47.1. The molecule has 354 valence electrons. The maximum atomic E-state index is 9.08. The normalized spacial score (nSPS) is 19.2. The molecule has 3 N–H and O–H groups in total. The number of benzene rings is 4. The van der Waals surface area contributed by atoms with Crippen LogP contribution in [0.2, 0.25) is 80.4 Å². The summed E-state index contributed by atoms with van der Waals surface area (Å²) in [5, 5.41) is 14.6. The van der Waals surface area contributed by atoms with Crippen molar-refractivity contribution < 1.29 is 51.6 Å². The molecule has 0 unspecified atom stereocenters. The van der Waals surface area contributed by atoms with E-state index in [1.807, 2.05) is 0 Å². The fourth-order valence-electron chi connectivity index (χ4n) is 5.85. The van der Waals surface area contributed by atoms with E-state index >= 15 is 0 Å². The molecule has 0 aromatic heterocycles. The Hall–Kier alpha value is 0.230. The van der Waals surface area contributed by atoms with Gasteiger partial charge in [-0.3, -0.25) is 0 Å². The molecule has 1 spiro atoms. The van der Waals surface area contributed by atoms with Crippen LogP contribution >= 0.6 is 193 Å². The van der Waals surface area contributed by atoms with Crippen molar-refractivity contribution in [3.05, 3.63) is 80.4 Å². The standard InChI is InChI=1S/C18Cl12O6P.C6H2Cl4O2.3C4H8O/c19-1-2(20)8(26)14-13(7(1)25)31-37(32-14,33-15-9(27)3(21)4(22)10(28)16(15)34-37)35-17-11(29)5(23)6(24)12(30)18(17)36-37;7-1-2(8)4(10)6(12)5(11)3(1)9;3*1-2-4-5-3-1/h;11-12H;3*1-4H2/q-1;;;;/p+1. The zero-order valence-corrected chi connectivity index (χ0v) is 44.6. The van der Waals surface area contributed by atoms with Gasteiger partial charge in [-0.2, -0.15) is 0 Å². The largest absolute Gasteiger partial charge is 0.503 e. The average molecular weight is 1230 g/mol. The third kappa shape index (κ3) is 9.94. The van der Waals surface area contributed by atoms with Gasteiger partial charge in [-0.1, -0.05) is 46.4 Å². The summed E-state index contributed by atoms with van der Waals surface area (Å²) in [6.07, 6.45) is 7.78. The van der Waals surface area contributed by atoms with Crippen LogP contribution in [0.25, 0.3) is 0 Å². The minimum Gasteiger partial charge on any atom is -0.503 e. The van der Waals surface area contributed by atoms with Crippen LogP contribution in [-0.2, 0) is 9.47 Å². The first-order valence-electron chi connectivity index (χ1n) is 18.1. The smallest absolute Gasteiger partial charge is 0.179 e. The Labute approximate surface area is 444 Å². The Balaban J connectivity index is 0.000000201. The Kier molecular flexibility index (Phi) is 17.5. The maximum Gasteiger partial charge on any atom is 0.179 e. The van der Waals surface area contributed by atoms with Gasteiger partial charge in [-0.15, -0.1) is 0 Å². The second-order valence-corrected chi connectivity index (χ2v) is 22.8. The van der Waals surface area contributed by atoms with Gasteiger partial charge < -0.3 is 24.4 Å². The number of rotatable bonds is 0. The number of aliphatic hydroxyl groups is 2. The van der Waals surface area contributed by atoms with Crippen molar-refractivity contribution in [1.29, 1.82) is 0 Å². The monoisotopic (exact) mass is 1230 g/mol. The van der Waals surface area contributed by atoms with Crippen LogP contribution in [0.1, 0.15) is 38.5 Å². The summed E-state index contributed by atoms with van der Waals surface area (Å²) in [6.45, 7) is 6.25. The molecule has 6 aliphatic rings. The predicted molar refractivity (Wildman–Crippen MR) is 261 cm³/mol. The SMILES string of the molecule is C1CCOC1.C1CCOC1.C1CC[OH+]C1.Clc1c(Cl)c(Cl)c2c(c1Cl)O[P-]13(O2)(Oc2c(Cl)c(Cl)c(Cl)c(Cl)c2O1)Oc1c(Cl)c(Cl)c(Cl)c(Cl)c1O3.Oc1c(O)c(Cl)c(Cl)c(Cl)c1Cl. The first-order chi connectivity index (χ1) is 30.1. The molecule has 11 nitrogen and oxygen atoms in total. The van der Waals surface area contributed by atoms with Crippen LogP contribution < -0.4 is 27.1 Å². The van der Waals surface area contributed by atoms with E-state index in [-0.39, 0.29) is 115 Å². The summed E-state index contributed by atoms with van der Waals surface area (Å²) in [5.41, 5.74) is 0. The molecule has 0 aliphatic carbocycles. The molecule has 4 aromatic rings. The number of halogens is 16. The number of phenolic OH excluding ortho intramolecular Hbond substituents is 2. The second kappa shape index (κ2) is 20.9. The number of hydrogen-bond donors (Lipinski definition) is 2. The number of hydrogen-bond acceptors (Lipinski definition) is 10. The van der Waals surface area contributed by atoms with Crippen molar-refractivity contribution in [3.8, 4) is 46.0 Å². The fourth-order valence-corrected chi connectivity index (χ4v) is 13.5. The van der Waals surface area contributed by atoms with E-state index in [1.54, 1.807) is 0 Å². The van der Waals surface area contributed by atoms with Gasteiger partial charge in [0.1, 0.15) is 23.3 Å². The Bertz CT molecular complexity index is 2040. The van der Waals surface area contributed by atoms with Crippen molar-refractivity contribution in [2.24, 2.45) is 0 Å². The first kappa shape index (κ1) is 53.6. The van der Waals surface area contributed by atoms with Crippen LogP contribution in [-0.4, -0.2) is 54.6 Å². The van der Waals surface area contributed by atoms with E-state index in [9.17, 15) is 0 Å². The van der Waals surface area contributed by atoms with Crippen molar-refractivity contribution in [2.75, 3.05) is 39.6 Å². The number of aromatic hydroxyl groups is 2. The summed E-state index contributed by atoms with van der Waals surface area (Å²) >= 11 is 97.9. The zero-order valence-electron chi connectivity index (χ0n) is 31.6. The van der Waals surface area contributed by atoms with E-state index in [1.165, 1.54) is 38.5 Å². The molecule has 64 heavy (non-hydrogen) atoms. The van der Waals surface area contributed by atoms with Gasteiger partial charge in [0.25, 0.3) is 0 Å². The van der Waals surface area contributed by atoms with Gasteiger partial charge in [0.2, 0.25) is 0 Å². The van der Waals surface area contributed by atoms with Gasteiger partial charge in [0.15, 0.2) is 11.5 Å². The molecule has 0 atom stereocenters. The van der Waals surface area contributed by atoms with Crippen LogP contribution in [0.15, 0.2) is 0 Å². The second-order valence-electron chi connectivity index (χ2n) is 13.4. The van der Waals surface area contributed by atoms with E-state index in [0.717, 1.165) is 39.6 Å². The Morgan fingerprint density at radius 3 is 0.656 bits per heavy atom. The molecule has 6 aliphatic heterocycles. The Morgan fingerprint density at radius 1 is 0.297 bits per heavy atom. The summed E-state index contributed by atoms with van der Waals surface area (Å²) in [7, 11) is -6.81. The van der Waals surface area contributed by atoms with Crippen molar-refractivity contribution >= 4 is 193 Å². The van der Waals surface area contributed by atoms with Crippen LogP contribution in [0.3, 0.4) is 0 Å². The molecule has 6 heterocycles. The molecule has 0 amide bonds. The molecule has 0 bridgehead atoms. The van der Waals surface area contributed by atoms with E-state index in [2.05, 4.69) is 4.74 Å². The summed E-state index contributed by atoms with van der Waals surface area (Å²) in [4.78, 5) is 0.